The van der Waals surface area contributed by atoms with Crippen molar-refractivity contribution in [1.82, 2.24) is 4.98 Å². The van der Waals surface area contributed by atoms with Gasteiger partial charge in [0.2, 0.25) is 0 Å². The second-order valence-corrected chi connectivity index (χ2v) is 3.57. The highest BCUT2D eigenvalue weighted by Crippen LogP contribution is 2.20. The Bertz CT molecular complexity index is 420. The van der Waals surface area contributed by atoms with Crippen molar-refractivity contribution in [3.8, 4) is 0 Å². The smallest absolute Gasteiger partial charge is 0.276 e. The molecule has 0 aliphatic rings. The second kappa shape index (κ2) is 7.02. The Hall–Kier alpha value is -1.54. The van der Waals surface area contributed by atoms with E-state index in [9.17, 15) is 18.9 Å². The fourth-order valence-electron chi connectivity index (χ4n) is 1.10. The summed E-state index contributed by atoms with van der Waals surface area (Å²) in [6.07, 6.45) is -2.52. The van der Waals surface area contributed by atoms with Crippen molar-refractivity contribution in [1.29, 1.82) is 0 Å². The van der Waals surface area contributed by atoms with E-state index in [-0.39, 0.29) is 29.8 Å². The van der Waals surface area contributed by atoms with Gasteiger partial charge in [-0.1, -0.05) is 11.6 Å². The van der Waals surface area contributed by atoms with Gasteiger partial charge in [0.25, 0.3) is 12.1 Å². The lowest BCUT2D eigenvalue weighted by molar-refractivity contribution is -0.384. The third-order valence-corrected chi connectivity index (χ3v) is 1.98. The number of nitrogens with one attached hydrogen (secondary N) is 1. The lowest BCUT2D eigenvalue weighted by Gasteiger charge is -2.06. The van der Waals surface area contributed by atoms with Crippen molar-refractivity contribution in [2.24, 2.45) is 0 Å². The van der Waals surface area contributed by atoms with Crippen LogP contribution in [-0.4, -0.2) is 36.1 Å². The van der Waals surface area contributed by atoms with Crippen molar-refractivity contribution < 1.29 is 18.4 Å². The zero-order valence-corrected chi connectivity index (χ0v) is 9.86. The highest BCUT2D eigenvalue weighted by molar-refractivity contribution is 6.29. The summed E-state index contributed by atoms with van der Waals surface area (Å²) in [6.45, 7) is -0.422. The first kappa shape index (κ1) is 14.5. The third kappa shape index (κ3) is 5.19. The molecular formula is C9H10ClF2N3O3. The minimum Gasteiger partial charge on any atom is -0.374 e. The molecule has 0 aromatic carbocycles. The van der Waals surface area contributed by atoms with Crippen LogP contribution in [0, 0.1) is 10.1 Å². The monoisotopic (exact) mass is 281 g/mol. The van der Waals surface area contributed by atoms with Crippen molar-refractivity contribution in [3.63, 3.8) is 0 Å². The van der Waals surface area contributed by atoms with Gasteiger partial charge in [0.15, 0.2) is 0 Å². The molecule has 0 bridgehead atoms. The molecule has 1 N–H and O–H groups in total. The standard InChI is InChI=1S/C9H10ClF2N3O3/c10-7-3-6(15(16)17)4-9(14-7)13-1-2-18-5-8(11)12/h3-4,8H,1-2,5H2,(H,13,14). The molecule has 0 saturated carbocycles. The maximum absolute atomic E-state index is 11.7. The van der Waals surface area contributed by atoms with Crippen LogP contribution >= 0.6 is 11.6 Å². The molecule has 0 spiro atoms. The number of hydrogen-bond donors (Lipinski definition) is 1. The molecule has 0 fully saturated rings. The van der Waals surface area contributed by atoms with Crippen LogP contribution in [0.25, 0.3) is 0 Å². The van der Waals surface area contributed by atoms with Crippen molar-refractivity contribution >= 4 is 23.1 Å². The Kier molecular flexibility index (Phi) is 5.66. The van der Waals surface area contributed by atoms with E-state index in [0.717, 1.165) is 6.07 Å². The number of ether oxygens (including phenoxy) is 1. The summed E-state index contributed by atoms with van der Waals surface area (Å²) in [5.74, 6) is 0.190. The third-order valence-electron chi connectivity index (χ3n) is 1.79. The molecule has 1 heterocycles. The van der Waals surface area contributed by atoms with E-state index in [0.29, 0.717) is 0 Å². The van der Waals surface area contributed by atoms with Crippen LogP contribution < -0.4 is 5.32 Å². The fourth-order valence-corrected chi connectivity index (χ4v) is 1.31. The number of pyridine rings is 1. The molecule has 0 unspecified atom stereocenters. The summed E-state index contributed by atoms with van der Waals surface area (Å²) < 4.78 is 28.1. The minimum atomic E-state index is -2.52. The van der Waals surface area contributed by atoms with Gasteiger partial charge < -0.3 is 10.1 Å². The normalized spacial score (nSPS) is 10.7. The molecule has 100 valence electrons. The molecule has 0 aliphatic heterocycles. The molecular weight excluding hydrogens is 272 g/mol. The van der Waals surface area contributed by atoms with Crippen LogP contribution in [0.5, 0.6) is 0 Å². The Morgan fingerprint density at radius 3 is 2.89 bits per heavy atom. The van der Waals surface area contributed by atoms with E-state index in [1.54, 1.807) is 0 Å². The van der Waals surface area contributed by atoms with Gasteiger partial charge in [0.1, 0.15) is 17.6 Å². The number of halogens is 3. The second-order valence-electron chi connectivity index (χ2n) is 3.18. The number of anilines is 1. The molecule has 1 aromatic heterocycles. The first-order chi connectivity index (χ1) is 8.49. The summed E-state index contributed by atoms with van der Waals surface area (Å²) in [5.41, 5.74) is -0.203. The molecule has 6 nitrogen and oxygen atoms in total. The Morgan fingerprint density at radius 2 is 2.28 bits per heavy atom. The first-order valence-electron chi connectivity index (χ1n) is 4.91. The zero-order chi connectivity index (χ0) is 13.5. The number of rotatable bonds is 7. The number of hydrogen-bond acceptors (Lipinski definition) is 5. The molecule has 1 rings (SSSR count). The highest BCUT2D eigenvalue weighted by Gasteiger charge is 2.09. The van der Waals surface area contributed by atoms with Gasteiger partial charge in [-0.25, -0.2) is 13.8 Å². The Balaban J connectivity index is 2.44. The molecule has 18 heavy (non-hydrogen) atoms. The van der Waals surface area contributed by atoms with E-state index in [1.165, 1.54) is 6.07 Å². The van der Waals surface area contributed by atoms with Gasteiger partial charge in [-0.05, 0) is 0 Å². The lowest BCUT2D eigenvalue weighted by Crippen LogP contribution is -2.13. The maximum atomic E-state index is 11.7. The SMILES string of the molecule is O=[N+]([O-])c1cc(Cl)nc(NCCOCC(F)F)c1. The topological polar surface area (TPSA) is 77.3 Å². The number of nitro groups is 1. The number of aromatic nitrogens is 1. The first-order valence-corrected chi connectivity index (χ1v) is 5.28. The minimum absolute atomic E-state index is 0.0276. The highest BCUT2D eigenvalue weighted by atomic mass is 35.5. The molecule has 9 heteroatoms. The molecule has 0 radical (unpaired) electrons. The van der Waals surface area contributed by atoms with Crippen LogP contribution in [0.2, 0.25) is 5.15 Å². The summed E-state index contributed by atoms with van der Waals surface area (Å²) in [7, 11) is 0. The fraction of sp³-hybridized carbons (Fsp3) is 0.444. The lowest BCUT2D eigenvalue weighted by atomic mass is 10.4. The summed E-state index contributed by atoms with van der Waals surface area (Å²) >= 11 is 5.59. The van der Waals surface area contributed by atoms with E-state index in [2.05, 4.69) is 15.0 Å². The summed E-state index contributed by atoms with van der Waals surface area (Å²) in [4.78, 5) is 13.7. The number of alkyl halides is 2. The van der Waals surface area contributed by atoms with E-state index in [4.69, 9.17) is 11.6 Å². The van der Waals surface area contributed by atoms with E-state index < -0.39 is 18.0 Å². The maximum Gasteiger partial charge on any atom is 0.276 e. The number of nitrogens with zero attached hydrogens (tertiary/aromatic N) is 2. The van der Waals surface area contributed by atoms with Crippen LogP contribution in [0.4, 0.5) is 20.3 Å². The zero-order valence-electron chi connectivity index (χ0n) is 9.11. The van der Waals surface area contributed by atoms with Gasteiger partial charge >= 0.3 is 0 Å². The van der Waals surface area contributed by atoms with Crippen molar-refractivity contribution in [2.75, 3.05) is 25.1 Å². The van der Waals surface area contributed by atoms with Crippen LogP contribution in [0.15, 0.2) is 12.1 Å². The molecule has 0 atom stereocenters. The molecule has 0 saturated heterocycles. The molecule has 1 aromatic rings. The van der Waals surface area contributed by atoms with Gasteiger partial charge in [0, 0.05) is 6.54 Å². The van der Waals surface area contributed by atoms with Crippen molar-refractivity contribution in [2.45, 2.75) is 6.43 Å². The van der Waals surface area contributed by atoms with E-state index >= 15 is 0 Å². The Morgan fingerprint density at radius 1 is 1.56 bits per heavy atom. The average Bonchev–Trinajstić information content (AvgIpc) is 2.27. The van der Waals surface area contributed by atoms with Gasteiger partial charge in [-0.2, -0.15) is 0 Å². The summed E-state index contributed by atoms with van der Waals surface area (Å²) in [5, 5.41) is 13.2. The van der Waals surface area contributed by atoms with Crippen LogP contribution in [0.1, 0.15) is 0 Å². The molecule has 0 amide bonds. The predicted molar refractivity (Wildman–Crippen MR) is 61.2 cm³/mol. The van der Waals surface area contributed by atoms with Gasteiger partial charge in [-0.3, -0.25) is 10.1 Å². The van der Waals surface area contributed by atoms with Crippen molar-refractivity contribution in [3.05, 3.63) is 27.4 Å². The van der Waals surface area contributed by atoms with Gasteiger partial charge in [0.05, 0.1) is 23.7 Å². The molecule has 0 aliphatic carbocycles. The van der Waals surface area contributed by atoms with Crippen LogP contribution in [0.3, 0.4) is 0 Å². The Labute approximate surface area is 106 Å². The predicted octanol–water partition coefficient (Wildman–Crippen LogP) is 2.34. The largest absolute Gasteiger partial charge is 0.374 e. The average molecular weight is 282 g/mol. The van der Waals surface area contributed by atoms with E-state index in [1.807, 2.05) is 0 Å². The quantitative estimate of drug-likeness (QED) is 0.359. The summed E-state index contributed by atoms with van der Waals surface area (Å²) in [6, 6.07) is 2.30. The van der Waals surface area contributed by atoms with Gasteiger partial charge in [-0.15, -0.1) is 0 Å². The van der Waals surface area contributed by atoms with Crippen LogP contribution in [-0.2, 0) is 4.74 Å².